The van der Waals surface area contributed by atoms with Crippen molar-refractivity contribution >= 4 is 11.9 Å². The maximum atomic E-state index is 11.7. The van der Waals surface area contributed by atoms with E-state index in [1.807, 2.05) is 6.92 Å². The van der Waals surface area contributed by atoms with E-state index in [0.717, 1.165) is 13.0 Å². The first-order valence-corrected chi connectivity index (χ1v) is 5.18. The van der Waals surface area contributed by atoms with Crippen LogP contribution in [0.5, 0.6) is 0 Å². The Morgan fingerprint density at radius 1 is 1.53 bits per heavy atom. The third kappa shape index (κ3) is 2.92. The first-order valence-electron chi connectivity index (χ1n) is 5.18. The molecule has 5 heteroatoms. The highest BCUT2D eigenvalue weighted by Gasteiger charge is 2.30. The molecule has 0 saturated carbocycles. The van der Waals surface area contributed by atoms with Gasteiger partial charge in [-0.05, 0) is 26.8 Å². The molecule has 1 rings (SSSR count). The number of rotatable bonds is 3. The van der Waals surface area contributed by atoms with Crippen LogP contribution in [-0.4, -0.2) is 37.6 Å². The molecule has 2 N–H and O–H groups in total. The topological polar surface area (TPSA) is 67.4 Å². The van der Waals surface area contributed by atoms with E-state index in [1.54, 1.807) is 6.92 Å². The van der Waals surface area contributed by atoms with Crippen molar-refractivity contribution in [1.82, 2.24) is 10.6 Å². The van der Waals surface area contributed by atoms with Gasteiger partial charge in [-0.1, -0.05) is 0 Å². The zero-order chi connectivity index (χ0) is 11.4. The Bertz CT molecular complexity index is 255. The SMILES string of the molecule is COC(=O)[C@H](C)NC(=O)C1CCNC1C. The molecule has 15 heavy (non-hydrogen) atoms. The lowest BCUT2D eigenvalue weighted by atomic mass is 10.0. The lowest BCUT2D eigenvalue weighted by Crippen LogP contribution is -2.44. The van der Waals surface area contributed by atoms with Gasteiger partial charge >= 0.3 is 5.97 Å². The van der Waals surface area contributed by atoms with Crippen LogP contribution >= 0.6 is 0 Å². The predicted octanol–water partition coefficient (Wildman–Crippen LogP) is -0.338. The summed E-state index contributed by atoms with van der Waals surface area (Å²) in [6.07, 6.45) is 0.820. The first kappa shape index (κ1) is 12.0. The highest BCUT2D eigenvalue weighted by Crippen LogP contribution is 2.15. The number of hydrogen-bond acceptors (Lipinski definition) is 4. The number of amides is 1. The molecule has 0 aromatic carbocycles. The summed E-state index contributed by atoms with van der Waals surface area (Å²) in [5.41, 5.74) is 0. The summed E-state index contributed by atoms with van der Waals surface area (Å²) in [4.78, 5) is 22.8. The summed E-state index contributed by atoms with van der Waals surface area (Å²) in [7, 11) is 1.31. The number of hydrogen-bond donors (Lipinski definition) is 2. The molecule has 0 bridgehead atoms. The van der Waals surface area contributed by atoms with Crippen LogP contribution in [0, 0.1) is 5.92 Å². The van der Waals surface area contributed by atoms with Crippen molar-refractivity contribution in [3.05, 3.63) is 0 Å². The Morgan fingerprint density at radius 3 is 2.67 bits per heavy atom. The molecular formula is C10H18N2O3. The van der Waals surface area contributed by atoms with Gasteiger partial charge in [-0.15, -0.1) is 0 Å². The van der Waals surface area contributed by atoms with E-state index in [2.05, 4.69) is 15.4 Å². The average molecular weight is 214 g/mol. The quantitative estimate of drug-likeness (QED) is 0.631. The van der Waals surface area contributed by atoms with E-state index in [1.165, 1.54) is 7.11 Å². The molecule has 0 aromatic heterocycles. The standard InChI is InChI=1S/C10H18N2O3/c1-6-8(4-5-11-6)9(13)12-7(2)10(14)15-3/h6-8,11H,4-5H2,1-3H3,(H,12,13)/t6?,7-,8?/m0/s1. The Kier molecular flexibility index (Phi) is 4.08. The monoisotopic (exact) mass is 214 g/mol. The summed E-state index contributed by atoms with van der Waals surface area (Å²) in [5.74, 6) is -0.538. The van der Waals surface area contributed by atoms with E-state index >= 15 is 0 Å². The van der Waals surface area contributed by atoms with Gasteiger partial charge in [0.15, 0.2) is 0 Å². The summed E-state index contributed by atoms with van der Waals surface area (Å²) in [5, 5.41) is 5.84. The number of methoxy groups -OCH3 is 1. The van der Waals surface area contributed by atoms with Crippen LogP contribution in [-0.2, 0) is 14.3 Å². The molecule has 1 heterocycles. The minimum Gasteiger partial charge on any atom is -0.467 e. The van der Waals surface area contributed by atoms with Crippen LogP contribution < -0.4 is 10.6 Å². The second-order valence-corrected chi connectivity index (χ2v) is 3.89. The zero-order valence-electron chi connectivity index (χ0n) is 9.37. The lowest BCUT2D eigenvalue weighted by molar-refractivity contribution is -0.145. The lowest BCUT2D eigenvalue weighted by Gasteiger charge is -2.17. The highest BCUT2D eigenvalue weighted by molar-refractivity contribution is 5.85. The van der Waals surface area contributed by atoms with Gasteiger partial charge in [0.1, 0.15) is 6.04 Å². The van der Waals surface area contributed by atoms with E-state index in [-0.39, 0.29) is 17.9 Å². The van der Waals surface area contributed by atoms with Gasteiger partial charge in [-0.3, -0.25) is 4.79 Å². The molecule has 1 aliphatic heterocycles. The van der Waals surface area contributed by atoms with Crippen molar-refractivity contribution in [1.29, 1.82) is 0 Å². The Labute approximate surface area is 89.6 Å². The maximum Gasteiger partial charge on any atom is 0.328 e. The molecule has 1 fully saturated rings. The van der Waals surface area contributed by atoms with Crippen LogP contribution in [0.1, 0.15) is 20.3 Å². The molecule has 0 spiro atoms. The molecule has 0 aromatic rings. The molecule has 86 valence electrons. The fraction of sp³-hybridized carbons (Fsp3) is 0.800. The third-order valence-electron chi connectivity index (χ3n) is 2.78. The number of carbonyl (C=O) groups excluding carboxylic acids is 2. The molecule has 0 aliphatic carbocycles. The zero-order valence-corrected chi connectivity index (χ0v) is 9.37. The predicted molar refractivity (Wildman–Crippen MR) is 55.2 cm³/mol. The van der Waals surface area contributed by atoms with Crippen LogP contribution in [0.25, 0.3) is 0 Å². The van der Waals surface area contributed by atoms with Crippen molar-refractivity contribution in [3.63, 3.8) is 0 Å². The molecule has 0 radical (unpaired) electrons. The van der Waals surface area contributed by atoms with Crippen LogP contribution in [0.3, 0.4) is 0 Å². The fourth-order valence-electron chi connectivity index (χ4n) is 1.77. The van der Waals surface area contributed by atoms with E-state index in [0.29, 0.717) is 0 Å². The van der Waals surface area contributed by atoms with Gasteiger partial charge in [0.25, 0.3) is 0 Å². The molecule has 1 aliphatic rings. The third-order valence-corrected chi connectivity index (χ3v) is 2.78. The molecule has 1 amide bonds. The second-order valence-electron chi connectivity index (χ2n) is 3.89. The molecule has 3 atom stereocenters. The van der Waals surface area contributed by atoms with Gasteiger partial charge in [0, 0.05) is 6.04 Å². The van der Waals surface area contributed by atoms with Gasteiger partial charge < -0.3 is 15.4 Å². The first-order chi connectivity index (χ1) is 7.06. The van der Waals surface area contributed by atoms with Crippen molar-refractivity contribution in [2.45, 2.75) is 32.4 Å². The average Bonchev–Trinajstić information content (AvgIpc) is 2.63. The number of esters is 1. The number of carbonyl (C=O) groups is 2. The highest BCUT2D eigenvalue weighted by atomic mass is 16.5. The molecule has 2 unspecified atom stereocenters. The summed E-state index contributed by atoms with van der Waals surface area (Å²) in [6.45, 7) is 4.45. The van der Waals surface area contributed by atoms with Crippen molar-refractivity contribution in [2.24, 2.45) is 5.92 Å². The normalized spacial score (nSPS) is 27.1. The van der Waals surface area contributed by atoms with Gasteiger partial charge in [0.2, 0.25) is 5.91 Å². The molecular weight excluding hydrogens is 196 g/mol. The van der Waals surface area contributed by atoms with Gasteiger partial charge in [-0.25, -0.2) is 4.79 Å². The van der Waals surface area contributed by atoms with E-state index in [4.69, 9.17) is 0 Å². The van der Waals surface area contributed by atoms with Crippen molar-refractivity contribution in [2.75, 3.05) is 13.7 Å². The van der Waals surface area contributed by atoms with Crippen molar-refractivity contribution < 1.29 is 14.3 Å². The smallest absolute Gasteiger partial charge is 0.328 e. The summed E-state index contributed by atoms with van der Waals surface area (Å²) < 4.78 is 4.53. The minimum atomic E-state index is -0.574. The Hall–Kier alpha value is -1.10. The van der Waals surface area contributed by atoms with E-state index < -0.39 is 12.0 Å². The largest absolute Gasteiger partial charge is 0.467 e. The van der Waals surface area contributed by atoms with Crippen LogP contribution in [0.2, 0.25) is 0 Å². The van der Waals surface area contributed by atoms with Crippen LogP contribution in [0.15, 0.2) is 0 Å². The number of ether oxygens (including phenoxy) is 1. The maximum absolute atomic E-state index is 11.7. The second kappa shape index (κ2) is 5.11. The molecule has 5 nitrogen and oxygen atoms in total. The molecule has 1 saturated heterocycles. The summed E-state index contributed by atoms with van der Waals surface area (Å²) >= 11 is 0. The van der Waals surface area contributed by atoms with Crippen LogP contribution in [0.4, 0.5) is 0 Å². The van der Waals surface area contributed by atoms with Gasteiger partial charge in [0.05, 0.1) is 13.0 Å². The van der Waals surface area contributed by atoms with Gasteiger partial charge in [-0.2, -0.15) is 0 Å². The summed E-state index contributed by atoms with van der Waals surface area (Å²) in [6, 6.07) is -0.398. The minimum absolute atomic E-state index is 0.0443. The fourth-order valence-corrected chi connectivity index (χ4v) is 1.77. The number of nitrogens with one attached hydrogen (secondary N) is 2. The Balaban J connectivity index is 2.44. The Morgan fingerprint density at radius 2 is 2.20 bits per heavy atom. The van der Waals surface area contributed by atoms with E-state index in [9.17, 15) is 9.59 Å². The van der Waals surface area contributed by atoms with Crippen molar-refractivity contribution in [3.8, 4) is 0 Å².